The Labute approximate surface area is 77.8 Å². The third-order valence-corrected chi connectivity index (χ3v) is 1.53. The Balaban J connectivity index is 2.17. The Kier molecular flexibility index (Phi) is 4.12. The number of hydrogen-bond acceptors (Lipinski definition) is 3. The highest BCUT2D eigenvalue weighted by atomic mass is 16.5. The zero-order valence-corrected chi connectivity index (χ0v) is 7.69. The molecule has 1 aromatic rings. The van der Waals surface area contributed by atoms with Crippen LogP contribution < -0.4 is 0 Å². The van der Waals surface area contributed by atoms with E-state index < -0.39 is 0 Å². The van der Waals surface area contributed by atoms with Gasteiger partial charge in [-0.25, -0.2) is 0 Å². The molecule has 0 saturated heterocycles. The van der Waals surface area contributed by atoms with Gasteiger partial charge >= 0.3 is 0 Å². The molecule has 0 saturated carbocycles. The Morgan fingerprint density at radius 3 is 3.00 bits per heavy atom. The van der Waals surface area contributed by atoms with Crippen molar-refractivity contribution in [2.75, 3.05) is 13.2 Å². The van der Waals surface area contributed by atoms with Gasteiger partial charge in [-0.3, -0.25) is 9.78 Å². The molecule has 0 radical (unpaired) electrons. The van der Waals surface area contributed by atoms with Crippen molar-refractivity contribution in [2.24, 2.45) is 0 Å². The maximum atomic E-state index is 10.5. The van der Waals surface area contributed by atoms with Crippen molar-refractivity contribution < 1.29 is 9.53 Å². The van der Waals surface area contributed by atoms with Gasteiger partial charge in [-0.1, -0.05) is 6.07 Å². The molecule has 70 valence electrons. The van der Waals surface area contributed by atoms with Crippen molar-refractivity contribution in [1.82, 2.24) is 4.98 Å². The molecular weight excluding hydrogens is 166 g/mol. The first-order valence-corrected chi connectivity index (χ1v) is 4.26. The second-order valence-corrected chi connectivity index (χ2v) is 2.83. The molecule has 0 unspecified atom stereocenters. The average Bonchev–Trinajstić information content (AvgIpc) is 2.14. The maximum absolute atomic E-state index is 10.5. The van der Waals surface area contributed by atoms with E-state index in [4.69, 9.17) is 4.74 Å². The Morgan fingerprint density at radius 2 is 2.38 bits per heavy atom. The maximum Gasteiger partial charge on any atom is 0.155 e. The molecule has 0 N–H and O–H groups in total. The SMILES string of the molecule is CC(=O)COCCc1ccccn1. The number of ether oxygens (including phenoxy) is 1. The van der Waals surface area contributed by atoms with Crippen LogP contribution in [0.4, 0.5) is 0 Å². The van der Waals surface area contributed by atoms with Crippen LogP contribution in [0.1, 0.15) is 12.6 Å². The summed E-state index contributed by atoms with van der Waals surface area (Å²) in [6.07, 6.45) is 2.51. The molecule has 0 amide bonds. The minimum atomic E-state index is 0.0565. The van der Waals surface area contributed by atoms with Crippen LogP contribution in [0.25, 0.3) is 0 Å². The lowest BCUT2D eigenvalue weighted by atomic mass is 10.3. The van der Waals surface area contributed by atoms with Gasteiger partial charge in [0.05, 0.1) is 6.61 Å². The molecule has 0 fully saturated rings. The van der Waals surface area contributed by atoms with Crippen LogP contribution in [0.3, 0.4) is 0 Å². The predicted octanol–water partition coefficient (Wildman–Crippen LogP) is 1.23. The summed E-state index contributed by atoms with van der Waals surface area (Å²) in [5.74, 6) is 0.0565. The molecule has 0 spiro atoms. The number of pyridine rings is 1. The first kappa shape index (κ1) is 9.86. The number of aromatic nitrogens is 1. The standard InChI is InChI=1S/C10H13NO2/c1-9(12)8-13-7-5-10-4-2-3-6-11-10/h2-4,6H,5,7-8H2,1H3. The highest BCUT2D eigenvalue weighted by Gasteiger charge is 1.95. The quantitative estimate of drug-likeness (QED) is 0.638. The normalized spacial score (nSPS) is 9.92. The number of ketones is 1. The zero-order valence-electron chi connectivity index (χ0n) is 7.69. The van der Waals surface area contributed by atoms with E-state index in [1.165, 1.54) is 6.92 Å². The lowest BCUT2D eigenvalue weighted by Gasteiger charge is -2.00. The van der Waals surface area contributed by atoms with E-state index in [2.05, 4.69) is 4.98 Å². The van der Waals surface area contributed by atoms with E-state index >= 15 is 0 Å². The number of hydrogen-bond donors (Lipinski definition) is 0. The number of carbonyl (C=O) groups is 1. The second-order valence-electron chi connectivity index (χ2n) is 2.83. The van der Waals surface area contributed by atoms with Gasteiger partial charge in [0.25, 0.3) is 0 Å². The summed E-state index contributed by atoms with van der Waals surface area (Å²) in [5.41, 5.74) is 0.992. The fourth-order valence-electron chi connectivity index (χ4n) is 0.939. The van der Waals surface area contributed by atoms with Gasteiger partial charge < -0.3 is 4.74 Å². The van der Waals surface area contributed by atoms with Crippen molar-refractivity contribution in [2.45, 2.75) is 13.3 Å². The van der Waals surface area contributed by atoms with E-state index in [9.17, 15) is 4.79 Å². The molecule has 1 heterocycles. The van der Waals surface area contributed by atoms with Crippen LogP contribution in [-0.4, -0.2) is 24.0 Å². The van der Waals surface area contributed by atoms with E-state index in [0.29, 0.717) is 6.61 Å². The topological polar surface area (TPSA) is 39.2 Å². The monoisotopic (exact) mass is 179 g/mol. The summed E-state index contributed by atoms with van der Waals surface area (Å²) < 4.78 is 5.11. The van der Waals surface area contributed by atoms with Crippen molar-refractivity contribution in [1.29, 1.82) is 0 Å². The number of nitrogens with zero attached hydrogens (tertiary/aromatic N) is 1. The Bertz CT molecular complexity index is 259. The summed E-state index contributed by atoms with van der Waals surface area (Å²) in [5, 5.41) is 0. The zero-order chi connectivity index (χ0) is 9.52. The molecule has 0 atom stereocenters. The summed E-state index contributed by atoms with van der Waals surface area (Å²) in [4.78, 5) is 14.6. The molecule has 0 aliphatic heterocycles. The molecule has 3 heteroatoms. The second kappa shape index (κ2) is 5.43. The van der Waals surface area contributed by atoms with Gasteiger partial charge in [-0.15, -0.1) is 0 Å². The third kappa shape index (κ3) is 4.38. The fourth-order valence-corrected chi connectivity index (χ4v) is 0.939. The van der Waals surface area contributed by atoms with Crippen molar-refractivity contribution in [3.05, 3.63) is 30.1 Å². The summed E-state index contributed by atoms with van der Waals surface area (Å²) >= 11 is 0. The minimum Gasteiger partial charge on any atom is -0.373 e. The predicted molar refractivity (Wildman–Crippen MR) is 49.4 cm³/mol. The summed E-state index contributed by atoms with van der Waals surface area (Å²) in [6, 6.07) is 5.75. The average molecular weight is 179 g/mol. The Hall–Kier alpha value is -1.22. The molecule has 0 aliphatic rings. The van der Waals surface area contributed by atoms with Gasteiger partial charge in [0.15, 0.2) is 5.78 Å². The first-order valence-electron chi connectivity index (χ1n) is 4.26. The van der Waals surface area contributed by atoms with E-state index in [1.807, 2.05) is 18.2 Å². The molecule has 0 aromatic carbocycles. The molecule has 13 heavy (non-hydrogen) atoms. The largest absolute Gasteiger partial charge is 0.373 e. The van der Waals surface area contributed by atoms with Gasteiger partial charge in [0, 0.05) is 18.3 Å². The lowest BCUT2D eigenvalue weighted by molar-refractivity contribution is -0.121. The van der Waals surface area contributed by atoms with Gasteiger partial charge in [0.2, 0.25) is 0 Å². The summed E-state index contributed by atoms with van der Waals surface area (Å²) in [6.45, 7) is 2.27. The molecule has 1 aromatic heterocycles. The Morgan fingerprint density at radius 1 is 1.54 bits per heavy atom. The highest BCUT2D eigenvalue weighted by molar-refractivity contribution is 5.76. The molecular formula is C10H13NO2. The number of rotatable bonds is 5. The molecule has 3 nitrogen and oxygen atoms in total. The van der Waals surface area contributed by atoms with Crippen molar-refractivity contribution in [3.8, 4) is 0 Å². The molecule has 0 aliphatic carbocycles. The van der Waals surface area contributed by atoms with E-state index in [-0.39, 0.29) is 12.4 Å². The van der Waals surface area contributed by atoms with Crippen molar-refractivity contribution in [3.63, 3.8) is 0 Å². The van der Waals surface area contributed by atoms with E-state index in [0.717, 1.165) is 12.1 Å². The van der Waals surface area contributed by atoms with Crippen molar-refractivity contribution >= 4 is 5.78 Å². The summed E-state index contributed by atoms with van der Waals surface area (Å²) in [7, 11) is 0. The fraction of sp³-hybridized carbons (Fsp3) is 0.400. The number of Topliss-reactive ketones (excluding diaryl/α,β-unsaturated/α-hetero) is 1. The number of carbonyl (C=O) groups excluding carboxylic acids is 1. The van der Waals surface area contributed by atoms with Gasteiger partial charge in [-0.05, 0) is 19.1 Å². The van der Waals surface area contributed by atoms with Crippen LogP contribution in [0.15, 0.2) is 24.4 Å². The van der Waals surface area contributed by atoms with Crippen LogP contribution in [0.5, 0.6) is 0 Å². The van der Waals surface area contributed by atoms with Gasteiger partial charge in [0.1, 0.15) is 6.61 Å². The first-order chi connectivity index (χ1) is 6.29. The van der Waals surface area contributed by atoms with E-state index in [1.54, 1.807) is 6.20 Å². The molecule has 1 rings (SSSR count). The van der Waals surface area contributed by atoms with Crippen LogP contribution in [0.2, 0.25) is 0 Å². The third-order valence-electron chi connectivity index (χ3n) is 1.53. The highest BCUT2D eigenvalue weighted by Crippen LogP contribution is 1.94. The smallest absolute Gasteiger partial charge is 0.155 e. The molecule has 0 bridgehead atoms. The van der Waals surface area contributed by atoms with Crippen LogP contribution in [-0.2, 0) is 16.0 Å². The van der Waals surface area contributed by atoms with Gasteiger partial charge in [-0.2, -0.15) is 0 Å². The lowest BCUT2D eigenvalue weighted by Crippen LogP contribution is -2.07. The minimum absolute atomic E-state index is 0.0565. The van der Waals surface area contributed by atoms with Crippen LogP contribution in [0, 0.1) is 0 Å². The van der Waals surface area contributed by atoms with Crippen LogP contribution >= 0.6 is 0 Å².